The van der Waals surface area contributed by atoms with Gasteiger partial charge in [-0.1, -0.05) is 12.2 Å². The molecule has 0 aliphatic carbocycles. The van der Waals surface area contributed by atoms with Crippen molar-refractivity contribution in [1.29, 1.82) is 0 Å². The largest absolute Gasteiger partial charge is 0.362 e. The summed E-state index contributed by atoms with van der Waals surface area (Å²) in [6, 6.07) is 0. The normalized spacial score (nSPS) is 23.3. The summed E-state index contributed by atoms with van der Waals surface area (Å²) < 4.78 is 0. The lowest BCUT2D eigenvalue weighted by atomic mass is 10.1. The van der Waals surface area contributed by atoms with Crippen LogP contribution in [0.3, 0.4) is 0 Å². The van der Waals surface area contributed by atoms with Crippen LogP contribution in [-0.4, -0.2) is 5.66 Å². The van der Waals surface area contributed by atoms with E-state index in [1.807, 2.05) is 36.7 Å². The fourth-order valence-electron chi connectivity index (χ4n) is 1.19. The number of nitrogens with one attached hydrogen (secondary N) is 2. The average Bonchev–Trinajstić information content (AvgIpc) is 2.07. The number of hydrogen-bond donors (Lipinski definition) is 2. The molecule has 0 saturated heterocycles. The third-order valence-electron chi connectivity index (χ3n) is 1.78. The van der Waals surface area contributed by atoms with E-state index in [4.69, 9.17) is 0 Å². The molecule has 11 heavy (non-hydrogen) atoms. The molecule has 2 N–H and O–H groups in total. The van der Waals surface area contributed by atoms with Crippen LogP contribution in [-0.2, 0) is 0 Å². The minimum absolute atomic E-state index is 0.177. The van der Waals surface area contributed by atoms with Gasteiger partial charge in [0.25, 0.3) is 0 Å². The highest BCUT2D eigenvalue weighted by atomic mass is 15.2. The molecule has 0 bridgehead atoms. The first-order valence-electron chi connectivity index (χ1n) is 3.65. The lowest BCUT2D eigenvalue weighted by Crippen LogP contribution is -2.51. The maximum atomic E-state index is 3.22. The molecule has 0 radical (unpaired) electrons. The van der Waals surface area contributed by atoms with Crippen LogP contribution in [0.5, 0.6) is 0 Å². The molecule has 1 spiro atoms. The van der Waals surface area contributed by atoms with E-state index >= 15 is 0 Å². The highest BCUT2D eigenvalue weighted by Gasteiger charge is 2.21. The average molecular weight is 146 g/mol. The lowest BCUT2D eigenvalue weighted by molar-refractivity contribution is 0.495. The van der Waals surface area contributed by atoms with Gasteiger partial charge in [0.2, 0.25) is 0 Å². The summed E-state index contributed by atoms with van der Waals surface area (Å²) in [6.07, 6.45) is 16.0. The molecule has 0 aromatic heterocycles. The van der Waals surface area contributed by atoms with Crippen LogP contribution in [0, 0.1) is 0 Å². The Balaban J connectivity index is 2.24. The number of allylic oxidation sites excluding steroid dienone is 4. The standard InChI is InChI=1S/C9H10N2/c1-3-7-10-9(5-1)6-2-4-8-11-9/h1-8,10-11H. The molecule has 2 aliphatic heterocycles. The van der Waals surface area contributed by atoms with Crippen LogP contribution < -0.4 is 10.6 Å². The predicted octanol–water partition coefficient (Wildman–Crippen LogP) is 1.03. The summed E-state index contributed by atoms with van der Waals surface area (Å²) >= 11 is 0. The van der Waals surface area contributed by atoms with Crippen molar-refractivity contribution in [3.63, 3.8) is 0 Å². The van der Waals surface area contributed by atoms with Gasteiger partial charge >= 0.3 is 0 Å². The summed E-state index contributed by atoms with van der Waals surface area (Å²) in [4.78, 5) is 0. The number of dihydropyridines is 2. The Bertz CT molecular complexity index is 231. The zero-order valence-electron chi connectivity index (χ0n) is 6.12. The third-order valence-corrected chi connectivity index (χ3v) is 1.78. The second-order valence-electron chi connectivity index (χ2n) is 2.59. The van der Waals surface area contributed by atoms with Crippen LogP contribution in [0.15, 0.2) is 48.9 Å². The van der Waals surface area contributed by atoms with Gasteiger partial charge in [-0.15, -0.1) is 0 Å². The van der Waals surface area contributed by atoms with E-state index in [1.165, 1.54) is 0 Å². The van der Waals surface area contributed by atoms with E-state index in [-0.39, 0.29) is 5.66 Å². The Morgan fingerprint density at radius 3 is 1.64 bits per heavy atom. The van der Waals surface area contributed by atoms with Crippen molar-refractivity contribution in [1.82, 2.24) is 10.6 Å². The molecule has 0 aromatic rings. The van der Waals surface area contributed by atoms with Crippen molar-refractivity contribution in [2.75, 3.05) is 0 Å². The topological polar surface area (TPSA) is 24.1 Å². The fourth-order valence-corrected chi connectivity index (χ4v) is 1.19. The van der Waals surface area contributed by atoms with E-state index in [2.05, 4.69) is 22.8 Å². The van der Waals surface area contributed by atoms with E-state index in [1.54, 1.807) is 0 Å². The Morgan fingerprint density at radius 2 is 1.27 bits per heavy atom. The van der Waals surface area contributed by atoms with Gasteiger partial charge in [0.15, 0.2) is 0 Å². The Morgan fingerprint density at radius 1 is 0.727 bits per heavy atom. The molecule has 0 fully saturated rings. The Hall–Kier alpha value is -1.44. The van der Waals surface area contributed by atoms with E-state index in [0.717, 1.165) is 0 Å². The molecule has 2 nitrogen and oxygen atoms in total. The van der Waals surface area contributed by atoms with Gasteiger partial charge in [-0.25, -0.2) is 0 Å². The maximum absolute atomic E-state index is 3.22. The zero-order chi connectivity index (χ0) is 7.57. The van der Waals surface area contributed by atoms with Gasteiger partial charge in [-0.05, 0) is 36.7 Å². The van der Waals surface area contributed by atoms with Crippen molar-refractivity contribution < 1.29 is 0 Å². The predicted molar refractivity (Wildman–Crippen MR) is 45.6 cm³/mol. The molecule has 2 rings (SSSR count). The smallest absolute Gasteiger partial charge is 0.146 e. The van der Waals surface area contributed by atoms with Gasteiger partial charge in [-0.3, -0.25) is 0 Å². The lowest BCUT2D eigenvalue weighted by Gasteiger charge is -2.31. The summed E-state index contributed by atoms with van der Waals surface area (Å²) in [5.41, 5.74) is -0.177. The molecule has 0 aromatic carbocycles. The molecule has 0 atom stereocenters. The van der Waals surface area contributed by atoms with Gasteiger partial charge in [0.1, 0.15) is 5.66 Å². The fraction of sp³-hybridized carbons (Fsp3) is 0.111. The summed E-state index contributed by atoms with van der Waals surface area (Å²) in [7, 11) is 0. The van der Waals surface area contributed by atoms with Crippen molar-refractivity contribution in [3.8, 4) is 0 Å². The van der Waals surface area contributed by atoms with Gasteiger partial charge in [0.05, 0.1) is 0 Å². The quantitative estimate of drug-likeness (QED) is 0.533. The van der Waals surface area contributed by atoms with E-state index < -0.39 is 0 Å². The van der Waals surface area contributed by atoms with E-state index in [0.29, 0.717) is 0 Å². The van der Waals surface area contributed by atoms with Gasteiger partial charge in [-0.2, -0.15) is 0 Å². The minimum atomic E-state index is -0.177. The zero-order valence-corrected chi connectivity index (χ0v) is 6.12. The van der Waals surface area contributed by atoms with Crippen LogP contribution in [0.1, 0.15) is 0 Å². The highest BCUT2D eigenvalue weighted by molar-refractivity contribution is 5.30. The van der Waals surface area contributed by atoms with Crippen molar-refractivity contribution in [2.45, 2.75) is 5.66 Å². The highest BCUT2D eigenvalue weighted by Crippen LogP contribution is 2.11. The SMILES string of the molecule is C1=CNC2(C=C1)C=CC=CN2. The van der Waals surface area contributed by atoms with Gasteiger partial charge in [0, 0.05) is 0 Å². The van der Waals surface area contributed by atoms with Crippen LogP contribution >= 0.6 is 0 Å². The summed E-state index contributed by atoms with van der Waals surface area (Å²) in [5, 5.41) is 6.44. The van der Waals surface area contributed by atoms with Crippen LogP contribution in [0.2, 0.25) is 0 Å². The summed E-state index contributed by atoms with van der Waals surface area (Å²) in [6.45, 7) is 0. The minimum Gasteiger partial charge on any atom is -0.362 e. The molecule has 0 saturated carbocycles. The molecule has 2 aliphatic rings. The Labute approximate surface area is 66.0 Å². The molecule has 2 heteroatoms. The molecular weight excluding hydrogens is 136 g/mol. The van der Waals surface area contributed by atoms with Crippen LogP contribution in [0.4, 0.5) is 0 Å². The number of rotatable bonds is 0. The second-order valence-corrected chi connectivity index (χ2v) is 2.59. The van der Waals surface area contributed by atoms with Gasteiger partial charge < -0.3 is 10.6 Å². The first-order chi connectivity index (χ1) is 5.41. The summed E-state index contributed by atoms with van der Waals surface area (Å²) in [5.74, 6) is 0. The maximum Gasteiger partial charge on any atom is 0.146 e. The molecule has 0 unspecified atom stereocenters. The first-order valence-corrected chi connectivity index (χ1v) is 3.65. The molecule has 2 heterocycles. The monoisotopic (exact) mass is 146 g/mol. The van der Waals surface area contributed by atoms with Crippen molar-refractivity contribution in [2.24, 2.45) is 0 Å². The number of hydrogen-bond acceptors (Lipinski definition) is 2. The Kier molecular flexibility index (Phi) is 1.32. The van der Waals surface area contributed by atoms with Crippen LogP contribution in [0.25, 0.3) is 0 Å². The molecular formula is C9H10N2. The van der Waals surface area contributed by atoms with Crippen molar-refractivity contribution in [3.05, 3.63) is 48.9 Å². The third kappa shape index (κ3) is 1.07. The van der Waals surface area contributed by atoms with Crippen molar-refractivity contribution >= 4 is 0 Å². The van der Waals surface area contributed by atoms with E-state index in [9.17, 15) is 0 Å². The molecule has 56 valence electrons. The molecule has 0 amide bonds. The first kappa shape index (κ1) is 6.28. The second kappa shape index (κ2) is 2.31.